The molecule has 0 spiro atoms. The molecule has 13 heavy (non-hydrogen) atoms. The highest BCUT2D eigenvalue weighted by Gasteiger charge is 2.09. The molecule has 0 amide bonds. The largest absolute Gasteiger partial charge is 0.497 e. The van der Waals surface area contributed by atoms with Gasteiger partial charge in [0.15, 0.2) is 0 Å². The summed E-state index contributed by atoms with van der Waals surface area (Å²) in [5.41, 5.74) is 0.720. The molecule has 0 saturated heterocycles. The summed E-state index contributed by atoms with van der Waals surface area (Å²) in [6.07, 6.45) is 0. The van der Waals surface area contributed by atoms with Gasteiger partial charge in [0, 0.05) is 11.4 Å². The van der Waals surface area contributed by atoms with Gasteiger partial charge in [-0.05, 0) is 17.5 Å². The second-order valence-electron chi connectivity index (χ2n) is 2.94. The molecule has 1 aromatic carbocycles. The van der Waals surface area contributed by atoms with Crippen LogP contribution in [0.5, 0.6) is 5.75 Å². The number of methoxy groups -OCH3 is 1. The molecule has 0 aliphatic carbocycles. The third-order valence-electron chi connectivity index (χ3n) is 1.97. The standard InChI is InChI=1S/C10H12BrFO/c1-7(6-11)9-4-3-8(13-2)5-10(9)12/h3-5,7H,6H2,1-2H3. The Morgan fingerprint density at radius 1 is 1.54 bits per heavy atom. The van der Waals surface area contributed by atoms with Gasteiger partial charge in [0.25, 0.3) is 0 Å². The Bertz CT molecular complexity index is 288. The van der Waals surface area contributed by atoms with Crippen LogP contribution < -0.4 is 4.74 Å². The zero-order valence-corrected chi connectivity index (χ0v) is 9.27. The van der Waals surface area contributed by atoms with Crippen molar-refractivity contribution in [2.45, 2.75) is 12.8 Å². The maximum atomic E-state index is 13.4. The lowest BCUT2D eigenvalue weighted by atomic mass is 10.0. The molecule has 0 heterocycles. The van der Waals surface area contributed by atoms with Crippen molar-refractivity contribution in [2.24, 2.45) is 0 Å². The highest BCUT2D eigenvalue weighted by atomic mass is 79.9. The molecule has 1 rings (SSSR count). The van der Waals surface area contributed by atoms with Gasteiger partial charge in [0.05, 0.1) is 7.11 Å². The first-order valence-corrected chi connectivity index (χ1v) is 5.20. The van der Waals surface area contributed by atoms with Crippen molar-refractivity contribution in [3.63, 3.8) is 0 Å². The smallest absolute Gasteiger partial charge is 0.130 e. The Balaban J connectivity index is 2.98. The molecule has 72 valence electrons. The van der Waals surface area contributed by atoms with Gasteiger partial charge >= 0.3 is 0 Å². The van der Waals surface area contributed by atoms with Gasteiger partial charge in [-0.2, -0.15) is 0 Å². The van der Waals surface area contributed by atoms with Crippen LogP contribution in [0.4, 0.5) is 4.39 Å². The van der Waals surface area contributed by atoms with Crippen molar-refractivity contribution in [2.75, 3.05) is 12.4 Å². The average Bonchev–Trinajstić information content (AvgIpc) is 2.16. The second-order valence-corrected chi connectivity index (χ2v) is 3.59. The Labute approximate surface area is 86.0 Å². The van der Waals surface area contributed by atoms with Gasteiger partial charge in [-0.3, -0.25) is 0 Å². The third-order valence-corrected chi connectivity index (χ3v) is 2.94. The molecule has 0 aliphatic rings. The van der Waals surface area contributed by atoms with E-state index in [1.54, 1.807) is 12.1 Å². The van der Waals surface area contributed by atoms with Gasteiger partial charge in [0.2, 0.25) is 0 Å². The Morgan fingerprint density at radius 3 is 2.69 bits per heavy atom. The van der Waals surface area contributed by atoms with Crippen LogP contribution in [0.25, 0.3) is 0 Å². The lowest BCUT2D eigenvalue weighted by Crippen LogP contribution is -1.98. The number of rotatable bonds is 3. The predicted molar refractivity (Wildman–Crippen MR) is 55.2 cm³/mol. The normalized spacial score (nSPS) is 12.6. The maximum Gasteiger partial charge on any atom is 0.130 e. The Morgan fingerprint density at radius 2 is 2.23 bits per heavy atom. The minimum Gasteiger partial charge on any atom is -0.497 e. The highest BCUT2D eigenvalue weighted by Crippen LogP contribution is 2.24. The van der Waals surface area contributed by atoms with Gasteiger partial charge in [-0.25, -0.2) is 4.39 Å². The summed E-state index contributed by atoms with van der Waals surface area (Å²) in [6, 6.07) is 4.95. The van der Waals surface area contributed by atoms with Crippen molar-refractivity contribution >= 4 is 15.9 Å². The van der Waals surface area contributed by atoms with Crippen LogP contribution in [0.3, 0.4) is 0 Å². The first-order valence-electron chi connectivity index (χ1n) is 4.08. The summed E-state index contributed by atoms with van der Waals surface area (Å²) in [4.78, 5) is 0. The van der Waals surface area contributed by atoms with Crippen molar-refractivity contribution in [3.8, 4) is 5.75 Å². The van der Waals surface area contributed by atoms with E-state index in [4.69, 9.17) is 4.74 Å². The fourth-order valence-corrected chi connectivity index (χ4v) is 1.47. The molecule has 0 fully saturated rings. The summed E-state index contributed by atoms with van der Waals surface area (Å²) in [5.74, 6) is 0.542. The lowest BCUT2D eigenvalue weighted by molar-refractivity contribution is 0.410. The number of hydrogen-bond acceptors (Lipinski definition) is 1. The van der Waals surface area contributed by atoms with Gasteiger partial charge in [0.1, 0.15) is 11.6 Å². The second kappa shape index (κ2) is 4.61. The number of alkyl halides is 1. The summed E-state index contributed by atoms with van der Waals surface area (Å²) >= 11 is 3.32. The van der Waals surface area contributed by atoms with Crippen molar-refractivity contribution < 1.29 is 9.13 Å². The zero-order chi connectivity index (χ0) is 9.84. The number of benzene rings is 1. The molecule has 0 bridgehead atoms. The van der Waals surface area contributed by atoms with Crippen LogP contribution in [-0.2, 0) is 0 Å². The van der Waals surface area contributed by atoms with E-state index in [9.17, 15) is 4.39 Å². The monoisotopic (exact) mass is 246 g/mol. The van der Waals surface area contributed by atoms with E-state index in [0.29, 0.717) is 5.75 Å². The molecule has 0 aromatic heterocycles. The molecular weight excluding hydrogens is 235 g/mol. The molecular formula is C10H12BrFO. The maximum absolute atomic E-state index is 13.4. The molecule has 3 heteroatoms. The van der Waals surface area contributed by atoms with E-state index in [2.05, 4.69) is 15.9 Å². The van der Waals surface area contributed by atoms with Crippen LogP contribution in [0.15, 0.2) is 18.2 Å². The summed E-state index contributed by atoms with van der Waals surface area (Å²) in [5, 5.41) is 0.760. The highest BCUT2D eigenvalue weighted by molar-refractivity contribution is 9.09. The van der Waals surface area contributed by atoms with E-state index in [-0.39, 0.29) is 11.7 Å². The van der Waals surface area contributed by atoms with Gasteiger partial charge < -0.3 is 4.74 Å². The van der Waals surface area contributed by atoms with E-state index in [0.717, 1.165) is 10.9 Å². The van der Waals surface area contributed by atoms with Gasteiger partial charge in [-0.15, -0.1) is 0 Å². The average molecular weight is 247 g/mol. The van der Waals surface area contributed by atoms with Crippen LogP contribution in [0, 0.1) is 5.82 Å². The quantitative estimate of drug-likeness (QED) is 0.744. The molecule has 1 aromatic rings. The van der Waals surface area contributed by atoms with Crippen LogP contribution >= 0.6 is 15.9 Å². The topological polar surface area (TPSA) is 9.23 Å². The summed E-state index contributed by atoms with van der Waals surface area (Å²) in [7, 11) is 1.53. The molecule has 0 N–H and O–H groups in total. The Hall–Kier alpha value is -0.570. The van der Waals surface area contributed by atoms with Crippen molar-refractivity contribution in [1.29, 1.82) is 0 Å². The third kappa shape index (κ3) is 2.44. The van der Waals surface area contributed by atoms with Crippen LogP contribution in [0.2, 0.25) is 0 Å². The number of ether oxygens (including phenoxy) is 1. The van der Waals surface area contributed by atoms with Gasteiger partial charge in [-0.1, -0.05) is 28.9 Å². The molecule has 0 radical (unpaired) electrons. The first-order chi connectivity index (χ1) is 6.19. The summed E-state index contributed by atoms with van der Waals surface area (Å²) < 4.78 is 18.3. The first kappa shape index (κ1) is 10.5. The number of halogens is 2. The van der Waals surface area contributed by atoms with Crippen LogP contribution in [-0.4, -0.2) is 12.4 Å². The molecule has 1 atom stereocenters. The van der Waals surface area contributed by atoms with Crippen molar-refractivity contribution in [1.82, 2.24) is 0 Å². The fourth-order valence-electron chi connectivity index (χ4n) is 1.12. The zero-order valence-electron chi connectivity index (χ0n) is 7.68. The van der Waals surface area contributed by atoms with Crippen LogP contribution in [0.1, 0.15) is 18.4 Å². The summed E-state index contributed by atoms with van der Waals surface area (Å²) in [6.45, 7) is 1.97. The molecule has 0 aliphatic heterocycles. The predicted octanol–water partition coefficient (Wildman–Crippen LogP) is 3.33. The van der Waals surface area contributed by atoms with Crippen molar-refractivity contribution in [3.05, 3.63) is 29.6 Å². The molecule has 1 unspecified atom stereocenters. The SMILES string of the molecule is COc1ccc(C(C)CBr)c(F)c1. The molecule has 0 saturated carbocycles. The number of hydrogen-bond donors (Lipinski definition) is 0. The minimum atomic E-state index is -0.202. The molecule has 1 nitrogen and oxygen atoms in total. The van der Waals surface area contributed by atoms with E-state index in [1.807, 2.05) is 6.92 Å². The van der Waals surface area contributed by atoms with E-state index >= 15 is 0 Å². The lowest BCUT2D eigenvalue weighted by Gasteiger charge is -2.10. The van der Waals surface area contributed by atoms with E-state index in [1.165, 1.54) is 13.2 Å². The minimum absolute atomic E-state index is 0.186. The Kier molecular flexibility index (Phi) is 3.72. The van der Waals surface area contributed by atoms with E-state index < -0.39 is 0 Å². The fraction of sp³-hybridized carbons (Fsp3) is 0.400.